The Hall–Kier alpha value is -1.26. The van der Waals surface area contributed by atoms with Crippen LogP contribution in [0, 0.1) is 0 Å². The molecule has 4 nitrogen and oxygen atoms in total. The molecule has 0 radical (unpaired) electrons. The summed E-state index contributed by atoms with van der Waals surface area (Å²) in [6.45, 7) is 8.76. The van der Waals surface area contributed by atoms with Gasteiger partial charge in [-0.25, -0.2) is 0 Å². The molecule has 0 atom stereocenters. The van der Waals surface area contributed by atoms with E-state index in [4.69, 9.17) is 9.47 Å². The number of nitrogens with one attached hydrogen (secondary N) is 1. The van der Waals surface area contributed by atoms with Crippen LogP contribution >= 0.6 is 0 Å². The standard InChI is InChI=1S/C19H32N2O2/c1-3-4-5-15-23-19-16-17(8-9-18(19)22-2)7-6-12-21-13-10-20-11-14-21/h8-9,16,20H,3-7,10-15H2,1-2H3. The predicted molar refractivity (Wildman–Crippen MR) is 95.6 cm³/mol. The number of rotatable bonds is 10. The molecule has 0 amide bonds. The van der Waals surface area contributed by atoms with Gasteiger partial charge in [-0.05, 0) is 43.5 Å². The Bertz CT molecular complexity index is 445. The van der Waals surface area contributed by atoms with Crippen molar-refractivity contribution in [3.05, 3.63) is 23.8 Å². The van der Waals surface area contributed by atoms with Crippen molar-refractivity contribution in [2.45, 2.75) is 39.0 Å². The van der Waals surface area contributed by atoms with Gasteiger partial charge in [0.1, 0.15) is 0 Å². The van der Waals surface area contributed by atoms with Gasteiger partial charge < -0.3 is 19.7 Å². The zero-order chi connectivity index (χ0) is 16.3. The van der Waals surface area contributed by atoms with Gasteiger partial charge in [0.15, 0.2) is 11.5 Å². The first-order valence-electron chi connectivity index (χ1n) is 9.06. The van der Waals surface area contributed by atoms with Crippen molar-refractivity contribution >= 4 is 0 Å². The zero-order valence-electron chi connectivity index (χ0n) is 14.8. The lowest BCUT2D eigenvalue weighted by Crippen LogP contribution is -2.43. The van der Waals surface area contributed by atoms with Gasteiger partial charge in [-0.3, -0.25) is 0 Å². The van der Waals surface area contributed by atoms with Crippen LogP contribution in [-0.2, 0) is 6.42 Å². The van der Waals surface area contributed by atoms with Crippen LogP contribution in [0.1, 0.15) is 38.2 Å². The van der Waals surface area contributed by atoms with E-state index in [1.54, 1.807) is 7.11 Å². The molecule has 1 aliphatic heterocycles. The summed E-state index contributed by atoms with van der Waals surface area (Å²) in [6, 6.07) is 6.35. The lowest BCUT2D eigenvalue weighted by molar-refractivity contribution is 0.238. The lowest BCUT2D eigenvalue weighted by Gasteiger charge is -2.27. The highest BCUT2D eigenvalue weighted by Gasteiger charge is 2.10. The van der Waals surface area contributed by atoms with Crippen molar-refractivity contribution in [2.75, 3.05) is 46.4 Å². The highest BCUT2D eigenvalue weighted by molar-refractivity contribution is 5.43. The Balaban J connectivity index is 1.80. The first-order chi connectivity index (χ1) is 11.3. The molecule has 0 unspecified atom stereocenters. The predicted octanol–water partition coefficient (Wildman–Crippen LogP) is 3.10. The quantitative estimate of drug-likeness (QED) is 0.672. The molecule has 0 saturated carbocycles. The van der Waals surface area contributed by atoms with Gasteiger partial charge in [-0.2, -0.15) is 0 Å². The van der Waals surface area contributed by atoms with Crippen LogP contribution in [0.15, 0.2) is 18.2 Å². The molecule has 0 bridgehead atoms. The van der Waals surface area contributed by atoms with E-state index in [1.165, 1.54) is 44.5 Å². The molecule has 1 aromatic rings. The molecule has 0 aromatic heterocycles. The molecule has 1 N–H and O–H groups in total. The van der Waals surface area contributed by atoms with Gasteiger partial charge in [-0.1, -0.05) is 25.8 Å². The third-order valence-electron chi connectivity index (χ3n) is 4.38. The van der Waals surface area contributed by atoms with Crippen LogP contribution in [-0.4, -0.2) is 51.3 Å². The summed E-state index contributed by atoms with van der Waals surface area (Å²) < 4.78 is 11.3. The van der Waals surface area contributed by atoms with Crippen molar-refractivity contribution in [2.24, 2.45) is 0 Å². The minimum atomic E-state index is 0.772. The van der Waals surface area contributed by atoms with Gasteiger partial charge >= 0.3 is 0 Å². The largest absolute Gasteiger partial charge is 0.493 e. The lowest BCUT2D eigenvalue weighted by atomic mass is 10.1. The Morgan fingerprint density at radius 3 is 2.65 bits per heavy atom. The second-order valence-electron chi connectivity index (χ2n) is 6.24. The zero-order valence-corrected chi connectivity index (χ0v) is 14.8. The van der Waals surface area contributed by atoms with E-state index >= 15 is 0 Å². The number of ether oxygens (including phenoxy) is 2. The third-order valence-corrected chi connectivity index (χ3v) is 4.38. The summed E-state index contributed by atoms with van der Waals surface area (Å²) >= 11 is 0. The van der Waals surface area contributed by atoms with E-state index in [0.717, 1.165) is 44.0 Å². The van der Waals surface area contributed by atoms with E-state index in [-0.39, 0.29) is 0 Å². The number of hydrogen-bond donors (Lipinski definition) is 1. The Morgan fingerprint density at radius 1 is 1.09 bits per heavy atom. The molecule has 4 heteroatoms. The summed E-state index contributed by atoms with van der Waals surface area (Å²) in [7, 11) is 1.71. The normalized spacial score (nSPS) is 15.6. The van der Waals surface area contributed by atoms with Crippen molar-refractivity contribution in [1.29, 1.82) is 0 Å². The van der Waals surface area contributed by atoms with E-state index in [2.05, 4.69) is 29.3 Å². The molecule has 2 rings (SSSR count). The number of aryl methyl sites for hydroxylation is 1. The monoisotopic (exact) mass is 320 g/mol. The second kappa shape index (κ2) is 10.5. The maximum atomic E-state index is 5.92. The Kier molecular flexibility index (Phi) is 8.26. The van der Waals surface area contributed by atoms with E-state index in [0.29, 0.717) is 0 Å². The van der Waals surface area contributed by atoms with Crippen molar-refractivity contribution in [1.82, 2.24) is 10.2 Å². The third kappa shape index (κ3) is 6.40. The fraction of sp³-hybridized carbons (Fsp3) is 0.684. The molecule has 23 heavy (non-hydrogen) atoms. The van der Waals surface area contributed by atoms with Crippen LogP contribution in [0.3, 0.4) is 0 Å². The van der Waals surface area contributed by atoms with Gasteiger partial charge in [0, 0.05) is 26.2 Å². The number of methoxy groups -OCH3 is 1. The highest BCUT2D eigenvalue weighted by Crippen LogP contribution is 2.28. The molecule has 1 aromatic carbocycles. The maximum Gasteiger partial charge on any atom is 0.161 e. The van der Waals surface area contributed by atoms with E-state index in [9.17, 15) is 0 Å². The molecule has 1 saturated heterocycles. The summed E-state index contributed by atoms with van der Waals surface area (Å²) in [5, 5.41) is 3.40. The molecular formula is C19H32N2O2. The SMILES string of the molecule is CCCCCOc1cc(CCCN2CCNCC2)ccc1OC. The second-order valence-corrected chi connectivity index (χ2v) is 6.24. The summed E-state index contributed by atoms with van der Waals surface area (Å²) in [5.74, 6) is 1.73. The molecular weight excluding hydrogens is 288 g/mol. The molecule has 0 aliphatic carbocycles. The first kappa shape index (κ1) is 18.1. The summed E-state index contributed by atoms with van der Waals surface area (Å²) in [6.07, 6.45) is 5.83. The van der Waals surface area contributed by atoms with E-state index < -0.39 is 0 Å². The van der Waals surface area contributed by atoms with Gasteiger partial charge in [0.25, 0.3) is 0 Å². The number of piperazine rings is 1. The summed E-state index contributed by atoms with van der Waals surface area (Å²) in [5.41, 5.74) is 1.34. The van der Waals surface area contributed by atoms with Crippen LogP contribution in [0.2, 0.25) is 0 Å². The molecule has 130 valence electrons. The fourth-order valence-corrected chi connectivity index (χ4v) is 2.97. The molecule has 1 aliphatic rings. The Labute approximate surface area is 141 Å². The van der Waals surface area contributed by atoms with Crippen LogP contribution < -0.4 is 14.8 Å². The minimum Gasteiger partial charge on any atom is -0.493 e. The minimum absolute atomic E-state index is 0.772. The maximum absolute atomic E-state index is 5.92. The van der Waals surface area contributed by atoms with Gasteiger partial charge in [-0.15, -0.1) is 0 Å². The van der Waals surface area contributed by atoms with Gasteiger partial charge in [0.05, 0.1) is 13.7 Å². The highest BCUT2D eigenvalue weighted by atomic mass is 16.5. The topological polar surface area (TPSA) is 33.7 Å². The Morgan fingerprint density at radius 2 is 1.91 bits per heavy atom. The van der Waals surface area contributed by atoms with Crippen LogP contribution in [0.4, 0.5) is 0 Å². The molecule has 1 fully saturated rings. The molecule has 1 heterocycles. The van der Waals surface area contributed by atoms with Crippen molar-refractivity contribution in [3.63, 3.8) is 0 Å². The van der Waals surface area contributed by atoms with Crippen molar-refractivity contribution < 1.29 is 9.47 Å². The number of nitrogens with zero attached hydrogens (tertiary/aromatic N) is 1. The van der Waals surface area contributed by atoms with Gasteiger partial charge in [0.2, 0.25) is 0 Å². The first-order valence-corrected chi connectivity index (χ1v) is 9.06. The molecule has 0 spiro atoms. The number of unbranched alkanes of at least 4 members (excludes halogenated alkanes) is 2. The number of benzene rings is 1. The number of hydrogen-bond acceptors (Lipinski definition) is 4. The average Bonchev–Trinajstić information content (AvgIpc) is 2.60. The summed E-state index contributed by atoms with van der Waals surface area (Å²) in [4.78, 5) is 2.54. The van der Waals surface area contributed by atoms with Crippen LogP contribution in [0.25, 0.3) is 0 Å². The average molecular weight is 320 g/mol. The van der Waals surface area contributed by atoms with E-state index in [1.807, 2.05) is 6.07 Å². The van der Waals surface area contributed by atoms with Crippen molar-refractivity contribution in [3.8, 4) is 11.5 Å². The smallest absolute Gasteiger partial charge is 0.161 e. The van der Waals surface area contributed by atoms with Crippen LogP contribution in [0.5, 0.6) is 11.5 Å². The fourth-order valence-electron chi connectivity index (χ4n) is 2.97.